The quantitative estimate of drug-likeness (QED) is 0.732. The van der Waals surface area contributed by atoms with E-state index in [1.807, 2.05) is 14.0 Å². The van der Waals surface area contributed by atoms with Crippen molar-refractivity contribution in [1.82, 2.24) is 16.1 Å². The zero-order valence-corrected chi connectivity index (χ0v) is 13.9. The van der Waals surface area contributed by atoms with Crippen molar-refractivity contribution >= 4 is 35.8 Å². The molecule has 0 saturated carbocycles. The number of hydrogen-bond donors (Lipinski definition) is 3. The highest BCUT2D eigenvalue weighted by Crippen LogP contribution is 2.17. The summed E-state index contributed by atoms with van der Waals surface area (Å²) in [6, 6.07) is 6.72. The lowest BCUT2D eigenvalue weighted by Crippen LogP contribution is -2.50. The number of nitrogens with zero attached hydrogens (tertiary/aromatic N) is 1. The maximum Gasteiger partial charge on any atom is 0.251 e. The first-order chi connectivity index (χ1) is 10.5. The molecule has 3 amide bonds. The minimum Gasteiger partial charge on any atom is -0.350 e. The number of hydrazine groups is 1. The predicted molar refractivity (Wildman–Crippen MR) is 89.4 cm³/mol. The van der Waals surface area contributed by atoms with E-state index in [4.69, 9.17) is 0 Å². The van der Waals surface area contributed by atoms with Crippen molar-refractivity contribution in [3.63, 3.8) is 0 Å². The van der Waals surface area contributed by atoms with E-state index in [1.165, 1.54) is 5.01 Å². The highest BCUT2D eigenvalue weighted by Gasteiger charge is 2.24. The third-order valence-corrected chi connectivity index (χ3v) is 3.50. The van der Waals surface area contributed by atoms with Gasteiger partial charge in [0.2, 0.25) is 11.8 Å². The van der Waals surface area contributed by atoms with Crippen molar-refractivity contribution in [2.24, 2.45) is 0 Å². The third-order valence-electron chi connectivity index (χ3n) is 3.50. The van der Waals surface area contributed by atoms with E-state index >= 15 is 0 Å². The van der Waals surface area contributed by atoms with E-state index < -0.39 is 0 Å². The van der Waals surface area contributed by atoms with Crippen molar-refractivity contribution in [3.8, 4) is 0 Å². The van der Waals surface area contributed by atoms with Gasteiger partial charge in [-0.05, 0) is 38.2 Å². The van der Waals surface area contributed by atoms with Gasteiger partial charge in [0.05, 0.1) is 5.69 Å². The van der Waals surface area contributed by atoms with Crippen molar-refractivity contribution < 1.29 is 14.4 Å². The van der Waals surface area contributed by atoms with Gasteiger partial charge in [0.15, 0.2) is 0 Å². The Bertz CT molecular complexity index is 577. The molecule has 0 bridgehead atoms. The van der Waals surface area contributed by atoms with Crippen LogP contribution in [0.4, 0.5) is 5.69 Å². The van der Waals surface area contributed by atoms with E-state index in [1.54, 1.807) is 24.3 Å². The van der Waals surface area contributed by atoms with Crippen LogP contribution in [0, 0.1) is 0 Å². The Morgan fingerprint density at radius 1 is 1.26 bits per heavy atom. The fraction of sp³-hybridized carbons (Fsp3) is 0.400. The molecule has 126 valence electrons. The largest absolute Gasteiger partial charge is 0.350 e. The summed E-state index contributed by atoms with van der Waals surface area (Å²) in [5.74, 6) is -0.537. The minimum atomic E-state index is -0.192. The average Bonchev–Trinajstić information content (AvgIpc) is 2.54. The second kappa shape index (κ2) is 8.50. The van der Waals surface area contributed by atoms with E-state index in [-0.39, 0.29) is 49.0 Å². The Morgan fingerprint density at radius 3 is 2.52 bits per heavy atom. The molecule has 1 aliphatic heterocycles. The Kier molecular flexibility index (Phi) is 6.99. The van der Waals surface area contributed by atoms with Gasteiger partial charge in [-0.15, -0.1) is 12.4 Å². The van der Waals surface area contributed by atoms with E-state index in [0.717, 1.165) is 0 Å². The fourth-order valence-electron chi connectivity index (χ4n) is 2.00. The molecule has 1 aliphatic rings. The molecule has 2 rings (SSSR count). The number of carbonyl (C=O) groups excluding carboxylic acids is 3. The standard InChI is InChI=1S/C15H20N4O3.ClH/c1-10(16-2)9-17-15(22)11-3-5-12(6-4-11)19-14(21)8-7-13(20)18-19;/h3-6,10,16H,7-9H2,1-2H3,(H,17,22)(H,18,20);1H. The first-order valence-electron chi connectivity index (χ1n) is 7.19. The molecular weight excluding hydrogens is 320 g/mol. The molecule has 8 heteroatoms. The van der Waals surface area contributed by atoms with Gasteiger partial charge in [0.1, 0.15) is 0 Å². The molecule has 23 heavy (non-hydrogen) atoms. The van der Waals surface area contributed by atoms with Crippen LogP contribution in [0.2, 0.25) is 0 Å². The van der Waals surface area contributed by atoms with Crippen LogP contribution in [0.25, 0.3) is 0 Å². The molecule has 1 heterocycles. The van der Waals surface area contributed by atoms with E-state index in [2.05, 4.69) is 16.1 Å². The van der Waals surface area contributed by atoms with Crippen LogP contribution in [0.5, 0.6) is 0 Å². The lowest BCUT2D eigenvalue weighted by molar-refractivity contribution is -0.130. The van der Waals surface area contributed by atoms with Crippen LogP contribution in [-0.4, -0.2) is 37.4 Å². The highest BCUT2D eigenvalue weighted by molar-refractivity contribution is 6.01. The summed E-state index contributed by atoms with van der Waals surface area (Å²) in [5, 5.41) is 7.07. The number of amides is 3. The van der Waals surface area contributed by atoms with E-state index in [9.17, 15) is 14.4 Å². The summed E-state index contributed by atoms with van der Waals surface area (Å²) >= 11 is 0. The second-order valence-corrected chi connectivity index (χ2v) is 5.21. The Morgan fingerprint density at radius 2 is 1.91 bits per heavy atom. The van der Waals surface area contributed by atoms with Crippen molar-refractivity contribution in [3.05, 3.63) is 29.8 Å². The zero-order valence-electron chi connectivity index (χ0n) is 13.1. The van der Waals surface area contributed by atoms with Gasteiger partial charge in [-0.1, -0.05) is 0 Å². The second-order valence-electron chi connectivity index (χ2n) is 5.21. The van der Waals surface area contributed by atoms with Crippen molar-refractivity contribution in [2.75, 3.05) is 18.6 Å². The van der Waals surface area contributed by atoms with Crippen LogP contribution in [-0.2, 0) is 9.59 Å². The summed E-state index contributed by atoms with van der Waals surface area (Å²) in [5.41, 5.74) is 3.56. The van der Waals surface area contributed by atoms with Gasteiger partial charge in [-0.2, -0.15) is 0 Å². The molecule has 7 nitrogen and oxygen atoms in total. The van der Waals surface area contributed by atoms with Crippen LogP contribution in [0.3, 0.4) is 0 Å². The summed E-state index contributed by atoms with van der Waals surface area (Å²) in [6.07, 6.45) is 0.398. The topological polar surface area (TPSA) is 90.5 Å². The van der Waals surface area contributed by atoms with Crippen molar-refractivity contribution in [1.29, 1.82) is 0 Å². The molecule has 1 fully saturated rings. The Labute approximate surface area is 141 Å². The molecule has 1 aromatic rings. The van der Waals surface area contributed by atoms with Gasteiger partial charge in [-0.3, -0.25) is 19.8 Å². The molecule has 3 N–H and O–H groups in total. The summed E-state index contributed by atoms with van der Waals surface area (Å²) in [6.45, 7) is 2.49. The maximum absolute atomic E-state index is 12.0. The van der Waals surface area contributed by atoms with Crippen molar-refractivity contribution in [2.45, 2.75) is 25.8 Å². The van der Waals surface area contributed by atoms with Crippen LogP contribution in [0.1, 0.15) is 30.1 Å². The molecular formula is C15H21ClN4O3. The van der Waals surface area contributed by atoms with E-state index in [0.29, 0.717) is 17.8 Å². The Hall–Kier alpha value is -2.12. The number of halogens is 1. The van der Waals surface area contributed by atoms with Crippen LogP contribution < -0.4 is 21.1 Å². The summed E-state index contributed by atoms with van der Waals surface area (Å²) in [7, 11) is 1.83. The third kappa shape index (κ3) is 4.94. The molecule has 1 saturated heterocycles. The van der Waals surface area contributed by atoms with Gasteiger partial charge in [-0.25, -0.2) is 5.01 Å². The molecule has 0 aromatic heterocycles. The SMILES string of the molecule is CNC(C)CNC(=O)c1ccc(N2NC(=O)CCC2=O)cc1.Cl. The lowest BCUT2D eigenvalue weighted by atomic mass is 10.1. The van der Waals surface area contributed by atoms with Gasteiger partial charge >= 0.3 is 0 Å². The molecule has 1 atom stereocenters. The molecule has 0 radical (unpaired) electrons. The number of rotatable bonds is 5. The highest BCUT2D eigenvalue weighted by atomic mass is 35.5. The minimum absolute atomic E-state index is 0. The number of anilines is 1. The average molecular weight is 341 g/mol. The zero-order chi connectivity index (χ0) is 16.1. The normalized spacial score (nSPS) is 15.5. The summed E-state index contributed by atoms with van der Waals surface area (Å²) in [4.78, 5) is 35.1. The first-order valence-corrected chi connectivity index (χ1v) is 7.19. The van der Waals surface area contributed by atoms with Gasteiger partial charge in [0, 0.05) is 31.0 Å². The molecule has 0 aliphatic carbocycles. The summed E-state index contributed by atoms with van der Waals surface area (Å²) < 4.78 is 0. The Balaban J connectivity index is 0.00000264. The first kappa shape index (κ1) is 18.9. The van der Waals surface area contributed by atoms with Crippen LogP contribution in [0.15, 0.2) is 24.3 Å². The molecule has 1 aromatic carbocycles. The number of hydrogen-bond acceptors (Lipinski definition) is 4. The smallest absolute Gasteiger partial charge is 0.251 e. The fourth-order valence-corrected chi connectivity index (χ4v) is 2.00. The predicted octanol–water partition coefficient (Wildman–Crippen LogP) is 0.604. The molecule has 1 unspecified atom stereocenters. The number of carbonyl (C=O) groups is 3. The molecule has 0 spiro atoms. The van der Waals surface area contributed by atoms with Crippen LogP contribution >= 0.6 is 12.4 Å². The number of nitrogens with one attached hydrogen (secondary N) is 3. The van der Waals surface area contributed by atoms with Gasteiger partial charge < -0.3 is 10.6 Å². The monoisotopic (exact) mass is 340 g/mol. The maximum atomic E-state index is 12.0. The lowest BCUT2D eigenvalue weighted by Gasteiger charge is -2.27. The number of benzene rings is 1. The number of likely N-dealkylation sites (N-methyl/N-ethyl adjacent to an activating group) is 1. The van der Waals surface area contributed by atoms with Gasteiger partial charge in [0.25, 0.3) is 5.91 Å².